The minimum Gasteiger partial charge on any atom is -0.354 e. The van der Waals surface area contributed by atoms with E-state index in [2.05, 4.69) is 5.32 Å². The number of hydrogen-bond acceptors (Lipinski definition) is 3. The van der Waals surface area contributed by atoms with Crippen LogP contribution in [0.2, 0.25) is 0 Å². The van der Waals surface area contributed by atoms with Crippen molar-refractivity contribution in [2.24, 2.45) is 5.73 Å². The number of unbranched alkanes of at least 4 members (excludes halogenated alkanes) is 1. The number of nitrogens with one attached hydrogen (secondary N) is 1. The highest BCUT2D eigenvalue weighted by atomic mass is 19.4. The molecule has 0 bridgehead atoms. The molecule has 0 aliphatic rings. The maximum atomic E-state index is 12.4. The topological polar surface area (TPSA) is 58.4 Å². The number of nitrogens with zero attached hydrogens (tertiary/aromatic N) is 1. The van der Waals surface area contributed by atoms with E-state index in [4.69, 9.17) is 5.73 Å². The van der Waals surface area contributed by atoms with Crippen molar-refractivity contribution < 1.29 is 18.0 Å². The first-order valence-electron chi connectivity index (χ1n) is 5.37. The lowest BCUT2D eigenvalue weighted by Gasteiger charge is -2.26. The summed E-state index contributed by atoms with van der Waals surface area (Å²) >= 11 is 0. The lowest BCUT2D eigenvalue weighted by Crippen LogP contribution is -2.61. The van der Waals surface area contributed by atoms with Crippen LogP contribution in [0.3, 0.4) is 0 Å². The first-order chi connectivity index (χ1) is 7.59. The van der Waals surface area contributed by atoms with E-state index in [0.29, 0.717) is 13.3 Å². The van der Waals surface area contributed by atoms with Crippen LogP contribution in [0.25, 0.3) is 0 Å². The van der Waals surface area contributed by atoms with E-state index >= 15 is 0 Å². The zero-order valence-electron chi connectivity index (χ0n) is 10.4. The Kier molecular flexibility index (Phi) is 5.91. The molecule has 0 fully saturated rings. The summed E-state index contributed by atoms with van der Waals surface area (Å²) in [4.78, 5) is 13.2. The molecule has 0 rings (SSSR count). The fraction of sp³-hybridized carbons (Fsp3) is 0.900. The fourth-order valence-corrected chi connectivity index (χ4v) is 1.07. The van der Waals surface area contributed by atoms with Gasteiger partial charge in [0, 0.05) is 6.54 Å². The predicted octanol–water partition coefficient (Wildman–Crippen LogP) is 0.724. The highest BCUT2D eigenvalue weighted by Gasteiger charge is 2.53. The number of nitrogens with two attached hydrogens (primary N) is 1. The van der Waals surface area contributed by atoms with E-state index in [-0.39, 0.29) is 6.54 Å². The molecule has 0 radical (unpaired) electrons. The van der Waals surface area contributed by atoms with Gasteiger partial charge in [-0.25, -0.2) is 0 Å². The Hall–Kier alpha value is -0.820. The second-order valence-corrected chi connectivity index (χ2v) is 4.47. The van der Waals surface area contributed by atoms with E-state index in [1.54, 1.807) is 0 Å². The average molecular weight is 255 g/mol. The SMILES string of the molecule is CN(C)CCCCNC(=O)C(C)(N)C(F)(F)F. The minimum absolute atomic E-state index is 0.204. The molecule has 0 aliphatic heterocycles. The maximum Gasteiger partial charge on any atom is 0.415 e. The number of rotatable bonds is 6. The molecule has 1 amide bonds. The van der Waals surface area contributed by atoms with Crippen LogP contribution in [0, 0.1) is 0 Å². The molecule has 0 aliphatic carbocycles. The Bertz CT molecular complexity index is 252. The third kappa shape index (κ3) is 5.36. The molecular weight excluding hydrogens is 235 g/mol. The minimum atomic E-state index is -4.74. The molecule has 3 N–H and O–H groups in total. The van der Waals surface area contributed by atoms with E-state index in [9.17, 15) is 18.0 Å². The fourth-order valence-electron chi connectivity index (χ4n) is 1.07. The summed E-state index contributed by atoms with van der Waals surface area (Å²) in [5.41, 5.74) is 2.13. The first kappa shape index (κ1) is 16.2. The molecule has 0 heterocycles. The summed E-state index contributed by atoms with van der Waals surface area (Å²) in [5.74, 6) is -1.19. The Balaban J connectivity index is 3.95. The molecule has 0 aromatic rings. The molecule has 1 unspecified atom stereocenters. The van der Waals surface area contributed by atoms with Crippen LogP contribution >= 0.6 is 0 Å². The molecule has 0 aromatic carbocycles. The van der Waals surface area contributed by atoms with E-state index in [1.165, 1.54) is 0 Å². The van der Waals surface area contributed by atoms with Crippen molar-refractivity contribution in [1.29, 1.82) is 0 Å². The van der Waals surface area contributed by atoms with Crippen LogP contribution in [-0.4, -0.2) is 49.7 Å². The van der Waals surface area contributed by atoms with Crippen LogP contribution in [0.15, 0.2) is 0 Å². The zero-order chi connectivity index (χ0) is 13.7. The van der Waals surface area contributed by atoms with Crippen LogP contribution in [-0.2, 0) is 4.79 Å². The van der Waals surface area contributed by atoms with Gasteiger partial charge in [0.25, 0.3) is 0 Å². The summed E-state index contributed by atoms with van der Waals surface area (Å²) < 4.78 is 37.1. The summed E-state index contributed by atoms with van der Waals surface area (Å²) in [7, 11) is 3.80. The van der Waals surface area contributed by atoms with Crippen molar-refractivity contribution in [3.8, 4) is 0 Å². The summed E-state index contributed by atoms with van der Waals surface area (Å²) in [6.45, 7) is 1.70. The molecule has 17 heavy (non-hydrogen) atoms. The maximum absolute atomic E-state index is 12.4. The number of carbonyl (C=O) groups excluding carboxylic acids is 1. The third-order valence-corrected chi connectivity index (χ3v) is 2.38. The number of hydrogen-bond donors (Lipinski definition) is 2. The van der Waals surface area contributed by atoms with Gasteiger partial charge in [-0.1, -0.05) is 0 Å². The third-order valence-electron chi connectivity index (χ3n) is 2.38. The number of carbonyl (C=O) groups is 1. The standard InChI is InChI=1S/C10H20F3N3O/c1-9(14,10(11,12)13)8(17)15-6-4-5-7-16(2)3/h4-7,14H2,1-3H3,(H,15,17). The van der Waals surface area contributed by atoms with Crippen molar-refractivity contribution in [3.63, 3.8) is 0 Å². The van der Waals surface area contributed by atoms with Crippen molar-refractivity contribution in [2.75, 3.05) is 27.2 Å². The summed E-state index contributed by atoms with van der Waals surface area (Å²) in [5, 5.41) is 2.20. The second kappa shape index (κ2) is 6.20. The van der Waals surface area contributed by atoms with Crippen LogP contribution in [0.4, 0.5) is 13.2 Å². The summed E-state index contributed by atoms with van der Waals surface area (Å²) in [6.07, 6.45) is -3.31. The van der Waals surface area contributed by atoms with Gasteiger partial charge in [-0.2, -0.15) is 13.2 Å². The summed E-state index contributed by atoms with van der Waals surface area (Å²) in [6, 6.07) is 0. The van der Waals surface area contributed by atoms with Gasteiger partial charge >= 0.3 is 6.18 Å². The lowest BCUT2D eigenvalue weighted by molar-refractivity contribution is -0.187. The van der Waals surface area contributed by atoms with Gasteiger partial charge in [-0.3, -0.25) is 4.79 Å². The number of amides is 1. The van der Waals surface area contributed by atoms with Crippen molar-refractivity contribution >= 4 is 5.91 Å². The van der Waals surface area contributed by atoms with Crippen molar-refractivity contribution in [1.82, 2.24) is 10.2 Å². The van der Waals surface area contributed by atoms with Gasteiger partial charge in [-0.15, -0.1) is 0 Å². The molecule has 0 aromatic heterocycles. The Morgan fingerprint density at radius 1 is 1.29 bits per heavy atom. The average Bonchev–Trinajstić information content (AvgIpc) is 2.14. The second-order valence-electron chi connectivity index (χ2n) is 4.47. The van der Waals surface area contributed by atoms with Crippen molar-refractivity contribution in [3.05, 3.63) is 0 Å². The molecule has 4 nitrogen and oxygen atoms in total. The van der Waals surface area contributed by atoms with Crippen LogP contribution in [0.1, 0.15) is 19.8 Å². The quantitative estimate of drug-likeness (QED) is 0.688. The van der Waals surface area contributed by atoms with Gasteiger partial charge in [0.05, 0.1) is 0 Å². The largest absolute Gasteiger partial charge is 0.415 e. The number of alkyl halides is 3. The molecule has 7 heteroatoms. The van der Waals surface area contributed by atoms with Crippen LogP contribution < -0.4 is 11.1 Å². The van der Waals surface area contributed by atoms with Gasteiger partial charge in [0.1, 0.15) is 0 Å². The van der Waals surface area contributed by atoms with Gasteiger partial charge < -0.3 is 16.0 Å². The van der Waals surface area contributed by atoms with Gasteiger partial charge in [0.15, 0.2) is 5.54 Å². The van der Waals surface area contributed by atoms with Crippen molar-refractivity contribution in [2.45, 2.75) is 31.5 Å². The van der Waals surface area contributed by atoms with Crippen LogP contribution in [0.5, 0.6) is 0 Å². The molecule has 1 atom stereocenters. The van der Waals surface area contributed by atoms with Gasteiger partial charge in [-0.05, 0) is 40.4 Å². The van der Waals surface area contributed by atoms with E-state index in [0.717, 1.165) is 13.0 Å². The monoisotopic (exact) mass is 255 g/mol. The molecule has 102 valence electrons. The highest BCUT2D eigenvalue weighted by molar-refractivity contribution is 5.86. The molecular formula is C10H20F3N3O. The first-order valence-corrected chi connectivity index (χ1v) is 5.37. The molecule has 0 spiro atoms. The predicted molar refractivity (Wildman–Crippen MR) is 59.4 cm³/mol. The smallest absolute Gasteiger partial charge is 0.354 e. The Labute approximate surface area is 99.3 Å². The normalized spacial score (nSPS) is 15.8. The van der Waals surface area contributed by atoms with Gasteiger partial charge in [0.2, 0.25) is 5.91 Å². The highest BCUT2D eigenvalue weighted by Crippen LogP contribution is 2.27. The van der Waals surface area contributed by atoms with E-state index in [1.807, 2.05) is 19.0 Å². The number of halogens is 3. The zero-order valence-corrected chi connectivity index (χ0v) is 10.4. The molecule has 0 saturated heterocycles. The van der Waals surface area contributed by atoms with E-state index < -0.39 is 17.6 Å². The molecule has 0 saturated carbocycles. The Morgan fingerprint density at radius 2 is 1.82 bits per heavy atom. The lowest BCUT2D eigenvalue weighted by atomic mass is 10.0. The Morgan fingerprint density at radius 3 is 2.24 bits per heavy atom.